The molecule has 1 heterocycles. The molecule has 1 aliphatic rings. The molecule has 3 rings (SSSR count). The molecular formula is C16H20N2O. The van der Waals surface area contributed by atoms with Gasteiger partial charge in [0.15, 0.2) is 0 Å². The molecule has 1 saturated carbocycles. The van der Waals surface area contributed by atoms with Crippen molar-refractivity contribution in [2.45, 2.75) is 32.2 Å². The number of rotatable bonds is 5. The van der Waals surface area contributed by atoms with Crippen molar-refractivity contribution in [2.24, 2.45) is 11.7 Å². The molecule has 0 aliphatic heterocycles. The molecule has 0 amide bonds. The van der Waals surface area contributed by atoms with Gasteiger partial charge in [0.1, 0.15) is 0 Å². The second-order valence-electron chi connectivity index (χ2n) is 5.27. The predicted molar refractivity (Wildman–Crippen MR) is 77.1 cm³/mol. The molecule has 19 heavy (non-hydrogen) atoms. The zero-order chi connectivity index (χ0) is 13.1. The fourth-order valence-corrected chi connectivity index (χ4v) is 2.57. The van der Waals surface area contributed by atoms with Crippen molar-refractivity contribution in [2.75, 3.05) is 6.61 Å². The summed E-state index contributed by atoms with van der Waals surface area (Å²) in [5.41, 5.74) is 7.87. The van der Waals surface area contributed by atoms with Crippen LogP contribution >= 0.6 is 0 Å². The molecule has 100 valence electrons. The van der Waals surface area contributed by atoms with Gasteiger partial charge in [-0.2, -0.15) is 0 Å². The first kappa shape index (κ1) is 12.4. The molecule has 0 unspecified atom stereocenters. The smallest absolute Gasteiger partial charge is 0.214 e. The van der Waals surface area contributed by atoms with Gasteiger partial charge < -0.3 is 10.5 Å². The van der Waals surface area contributed by atoms with E-state index in [1.807, 2.05) is 24.3 Å². The van der Waals surface area contributed by atoms with E-state index in [4.69, 9.17) is 10.5 Å². The van der Waals surface area contributed by atoms with E-state index in [-0.39, 0.29) is 0 Å². The molecule has 2 aromatic rings. The number of aromatic nitrogens is 1. The highest BCUT2D eigenvalue weighted by Crippen LogP contribution is 2.29. The van der Waals surface area contributed by atoms with Crippen LogP contribution in [0.15, 0.2) is 30.3 Å². The van der Waals surface area contributed by atoms with E-state index in [9.17, 15) is 0 Å². The normalized spacial score (nSPS) is 15.4. The zero-order valence-corrected chi connectivity index (χ0v) is 11.1. The lowest BCUT2D eigenvalue weighted by Crippen LogP contribution is -2.14. The van der Waals surface area contributed by atoms with Crippen LogP contribution < -0.4 is 10.5 Å². The molecule has 0 atom stereocenters. The van der Waals surface area contributed by atoms with Crippen molar-refractivity contribution in [1.29, 1.82) is 0 Å². The van der Waals surface area contributed by atoms with E-state index in [1.54, 1.807) is 0 Å². The molecule has 0 radical (unpaired) electrons. The molecule has 1 aromatic carbocycles. The third-order valence-corrected chi connectivity index (χ3v) is 4.00. The number of para-hydroxylation sites is 1. The average molecular weight is 256 g/mol. The third-order valence-electron chi connectivity index (χ3n) is 4.00. The predicted octanol–water partition coefficient (Wildman–Crippen LogP) is 3.26. The van der Waals surface area contributed by atoms with E-state index in [0.717, 1.165) is 35.4 Å². The Bertz CT molecular complexity index is 564. The van der Waals surface area contributed by atoms with E-state index in [1.165, 1.54) is 19.3 Å². The first-order valence-corrected chi connectivity index (χ1v) is 7.08. The number of nitrogens with zero attached hydrogens (tertiary/aromatic N) is 1. The summed E-state index contributed by atoms with van der Waals surface area (Å²) in [5.74, 6) is 1.58. The molecule has 2 N–H and O–H groups in total. The summed E-state index contributed by atoms with van der Waals surface area (Å²) in [7, 11) is 0. The van der Waals surface area contributed by atoms with Gasteiger partial charge in [-0.1, -0.05) is 37.5 Å². The van der Waals surface area contributed by atoms with Crippen LogP contribution in [-0.4, -0.2) is 11.6 Å². The summed E-state index contributed by atoms with van der Waals surface area (Å²) in [5, 5.41) is 1.12. The largest absolute Gasteiger partial charge is 0.478 e. The molecule has 3 nitrogen and oxygen atoms in total. The summed E-state index contributed by atoms with van der Waals surface area (Å²) < 4.78 is 5.80. The Balaban J connectivity index is 1.75. The molecule has 1 fully saturated rings. The number of hydrogen-bond donors (Lipinski definition) is 1. The van der Waals surface area contributed by atoms with Crippen LogP contribution in [0.25, 0.3) is 10.9 Å². The van der Waals surface area contributed by atoms with E-state index in [2.05, 4.69) is 11.1 Å². The minimum Gasteiger partial charge on any atom is -0.478 e. The summed E-state index contributed by atoms with van der Waals surface area (Å²) >= 11 is 0. The monoisotopic (exact) mass is 256 g/mol. The minimum absolute atomic E-state index is 0.516. The maximum absolute atomic E-state index is 5.81. The Hall–Kier alpha value is -1.61. The molecule has 0 spiro atoms. The van der Waals surface area contributed by atoms with Crippen molar-refractivity contribution < 1.29 is 4.74 Å². The van der Waals surface area contributed by atoms with Gasteiger partial charge in [0.2, 0.25) is 5.88 Å². The van der Waals surface area contributed by atoms with Crippen molar-refractivity contribution in [3.8, 4) is 5.88 Å². The number of nitrogens with two attached hydrogens (primary N) is 1. The highest BCUT2D eigenvalue weighted by molar-refractivity contribution is 5.82. The van der Waals surface area contributed by atoms with Gasteiger partial charge in [-0.3, -0.25) is 0 Å². The van der Waals surface area contributed by atoms with E-state index >= 15 is 0 Å². The van der Waals surface area contributed by atoms with Crippen LogP contribution in [0.1, 0.15) is 31.2 Å². The van der Waals surface area contributed by atoms with Gasteiger partial charge in [0.05, 0.1) is 12.1 Å². The summed E-state index contributed by atoms with van der Waals surface area (Å²) in [4.78, 5) is 4.55. The second kappa shape index (κ2) is 5.57. The highest BCUT2D eigenvalue weighted by Gasteiger charge is 2.17. The van der Waals surface area contributed by atoms with Crippen molar-refractivity contribution in [3.05, 3.63) is 35.9 Å². The summed E-state index contributed by atoms with van der Waals surface area (Å²) in [6.45, 7) is 1.28. The first-order valence-electron chi connectivity index (χ1n) is 7.08. The van der Waals surface area contributed by atoms with Crippen molar-refractivity contribution in [1.82, 2.24) is 4.98 Å². The number of benzene rings is 1. The summed E-state index contributed by atoms with van der Waals surface area (Å²) in [6.07, 6.45) is 5.26. The Morgan fingerprint density at radius 2 is 2.11 bits per heavy atom. The SMILES string of the molecule is NCc1cc(OCCC2CCC2)nc2ccccc12. The van der Waals surface area contributed by atoms with Crippen molar-refractivity contribution >= 4 is 10.9 Å². The van der Waals surface area contributed by atoms with Gasteiger partial charge in [0, 0.05) is 18.0 Å². The second-order valence-corrected chi connectivity index (χ2v) is 5.27. The standard InChI is InChI=1S/C16H20N2O/c17-11-13-10-16(19-9-8-12-4-3-5-12)18-15-7-2-1-6-14(13)15/h1-2,6-7,10,12H,3-5,8-9,11,17H2. The Morgan fingerprint density at radius 1 is 1.26 bits per heavy atom. The number of pyridine rings is 1. The van der Waals surface area contributed by atoms with Gasteiger partial charge >= 0.3 is 0 Å². The number of hydrogen-bond acceptors (Lipinski definition) is 3. The fourth-order valence-electron chi connectivity index (χ4n) is 2.57. The quantitative estimate of drug-likeness (QED) is 0.893. The Morgan fingerprint density at radius 3 is 2.84 bits per heavy atom. The Labute approximate surface area is 113 Å². The molecule has 0 bridgehead atoms. The van der Waals surface area contributed by atoms with Crippen LogP contribution in [-0.2, 0) is 6.54 Å². The third kappa shape index (κ3) is 2.71. The highest BCUT2D eigenvalue weighted by atomic mass is 16.5. The minimum atomic E-state index is 0.516. The zero-order valence-electron chi connectivity index (χ0n) is 11.1. The van der Waals surface area contributed by atoms with Crippen LogP contribution in [0.3, 0.4) is 0 Å². The Kier molecular flexibility index (Phi) is 3.65. The lowest BCUT2D eigenvalue weighted by atomic mass is 9.83. The van der Waals surface area contributed by atoms with Crippen LogP contribution in [0.2, 0.25) is 0 Å². The molecule has 1 aromatic heterocycles. The average Bonchev–Trinajstić information content (AvgIpc) is 2.40. The van der Waals surface area contributed by atoms with Gasteiger partial charge in [0.25, 0.3) is 0 Å². The maximum Gasteiger partial charge on any atom is 0.214 e. The van der Waals surface area contributed by atoms with Crippen molar-refractivity contribution in [3.63, 3.8) is 0 Å². The van der Waals surface area contributed by atoms with E-state index < -0.39 is 0 Å². The first-order chi connectivity index (χ1) is 9.36. The topological polar surface area (TPSA) is 48.1 Å². The fraction of sp³-hybridized carbons (Fsp3) is 0.438. The van der Waals surface area contributed by atoms with Gasteiger partial charge in [-0.25, -0.2) is 4.98 Å². The van der Waals surface area contributed by atoms with Crippen LogP contribution in [0.4, 0.5) is 0 Å². The van der Waals surface area contributed by atoms with Crippen LogP contribution in [0.5, 0.6) is 5.88 Å². The number of fused-ring (bicyclic) bond motifs is 1. The number of ether oxygens (including phenoxy) is 1. The van der Waals surface area contributed by atoms with E-state index in [0.29, 0.717) is 12.4 Å². The van der Waals surface area contributed by atoms with Gasteiger partial charge in [-0.05, 0) is 24.0 Å². The lowest BCUT2D eigenvalue weighted by molar-refractivity contribution is 0.217. The van der Waals surface area contributed by atoms with Crippen LogP contribution in [0, 0.1) is 5.92 Å². The molecule has 1 aliphatic carbocycles. The lowest BCUT2D eigenvalue weighted by Gasteiger charge is -2.24. The molecular weight excluding hydrogens is 236 g/mol. The molecule has 0 saturated heterocycles. The molecule has 3 heteroatoms. The maximum atomic E-state index is 5.81. The summed E-state index contributed by atoms with van der Waals surface area (Å²) in [6, 6.07) is 10.0. The van der Waals surface area contributed by atoms with Gasteiger partial charge in [-0.15, -0.1) is 0 Å².